The van der Waals surface area contributed by atoms with E-state index >= 15 is 0 Å². The summed E-state index contributed by atoms with van der Waals surface area (Å²) in [6.07, 6.45) is 0. The molecule has 0 fully saturated rings. The molecule has 0 heterocycles. The average molecular weight is 251 g/mol. The molecule has 0 aliphatic heterocycles. The highest BCUT2D eigenvalue weighted by Gasteiger charge is 2.12. The third-order valence-corrected chi connectivity index (χ3v) is 4.37. The molecule has 96 valence electrons. The molecule has 0 radical (unpaired) electrons. The number of benzene rings is 1. The van der Waals surface area contributed by atoms with Gasteiger partial charge in [0.25, 0.3) is 0 Å². The van der Waals surface area contributed by atoms with Gasteiger partial charge in [-0.05, 0) is 43.7 Å². The molecule has 0 amide bonds. The molecule has 1 atom stereocenters. The summed E-state index contributed by atoms with van der Waals surface area (Å²) in [5.74, 6) is 3.17. The number of nitrogens with one attached hydrogen (secondary N) is 1. The molecule has 1 rings (SSSR count). The van der Waals surface area contributed by atoms with Crippen LogP contribution in [0.15, 0.2) is 18.2 Å². The fraction of sp³-hybridized carbons (Fsp3) is 0.600. The second-order valence-corrected chi connectivity index (χ2v) is 6.21. The Balaban J connectivity index is 2.68. The topological polar surface area (TPSA) is 12.0 Å². The van der Waals surface area contributed by atoms with Gasteiger partial charge < -0.3 is 5.32 Å². The maximum Gasteiger partial charge on any atom is 0.0412 e. The van der Waals surface area contributed by atoms with Crippen LogP contribution in [0.3, 0.4) is 0 Å². The van der Waals surface area contributed by atoms with E-state index in [-0.39, 0.29) is 0 Å². The molecule has 1 N–H and O–H groups in total. The highest BCUT2D eigenvalue weighted by Crippen LogP contribution is 2.23. The Hall–Kier alpha value is -0.470. The van der Waals surface area contributed by atoms with Crippen molar-refractivity contribution in [2.45, 2.75) is 33.7 Å². The van der Waals surface area contributed by atoms with Crippen LogP contribution in [-0.4, -0.2) is 18.6 Å². The summed E-state index contributed by atoms with van der Waals surface area (Å²) in [5.41, 5.74) is 4.18. The Labute approximate surface area is 110 Å². The predicted molar refractivity (Wildman–Crippen MR) is 79.9 cm³/mol. The first-order valence-electron chi connectivity index (χ1n) is 6.36. The minimum atomic E-state index is 0.471. The van der Waals surface area contributed by atoms with Crippen LogP contribution in [0.5, 0.6) is 0 Å². The van der Waals surface area contributed by atoms with Crippen molar-refractivity contribution in [2.75, 3.05) is 18.6 Å². The van der Waals surface area contributed by atoms with Crippen molar-refractivity contribution < 1.29 is 0 Å². The van der Waals surface area contributed by atoms with E-state index in [2.05, 4.69) is 58.3 Å². The van der Waals surface area contributed by atoms with Crippen molar-refractivity contribution in [3.05, 3.63) is 34.9 Å². The van der Waals surface area contributed by atoms with Crippen LogP contribution in [-0.2, 0) is 0 Å². The number of rotatable bonds is 6. The molecule has 0 aliphatic carbocycles. The zero-order chi connectivity index (χ0) is 12.8. The Morgan fingerprint density at radius 1 is 1.18 bits per heavy atom. The fourth-order valence-corrected chi connectivity index (χ4v) is 3.07. The van der Waals surface area contributed by atoms with E-state index in [4.69, 9.17) is 0 Å². The van der Waals surface area contributed by atoms with E-state index < -0.39 is 0 Å². The summed E-state index contributed by atoms with van der Waals surface area (Å²) in [6.45, 7) is 8.92. The molecule has 0 aliphatic rings. The summed E-state index contributed by atoms with van der Waals surface area (Å²) < 4.78 is 0. The van der Waals surface area contributed by atoms with E-state index in [1.807, 2.05) is 11.8 Å². The summed E-state index contributed by atoms with van der Waals surface area (Å²) in [6, 6.07) is 7.19. The van der Waals surface area contributed by atoms with Gasteiger partial charge in [-0.25, -0.2) is 0 Å². The van der Waals surface area contributed by atoms with Gasteiger partial charge in [0.2, 0.25) is 0 Å². The van der Waals surface area contributed by atoms with Gasteiger partial charge in [0.1, 0.15) is 0 Å². The van der Waals surface area contributed by atoms with Gasteiger partial charge in [-0.2, -0.15) is 11.8 Å². The highest BCUT2D eigenvalue weighted by molar-refractivity contribution is 7.99. The van der Waals surface area contributed by atoms with Crippen molar-refractivity contribution in [1.29, 1.82) is 0 Å². The zero-order valence-electron chi connectivity index (χ0n) is 11.7. The number of thioether (sulfide) groups is 1. The van der Waals surface area contributed by atoms with Crippen LogP contribution >= 0.6 is 11.8 Å². The average Bonchev–Trinajstić information content (AvgIpc) is 2.28. The van der Waals surface area contributed by atoms with Crippen LogP contribution in [0.4, 0.5) is 0 Å². The van der Waals surface area contributed by atoms with Crippen LogP contribution in [0.25, 0.3) is 0 Å². The lowest BCUT2D eigenvalue weighted by atomic mass is 10.0. The standard InChI is InChI=1S/C15H25NS/c1-11(2)9-17-10-15(16-5)14-8-12(3)6-7-13(14)4/h6-8,11,15-16H,9-10H2,1-5H3. The van der Waals surface area contributed by atoms with Gasteiger partial charge in [-0.15, -0.1) is 0 Å². The molecule has 0 saturated heterocycles. The van der Waals surface area contributed by atoms with E-state index in [1.54, 1.807) is 0 Å². The molecule has 1 unspecified atom stereocenters. The van der Waals surface area contributed by atoms with E-state index in [9.17, 15) is 0 Å². The molecule has 0 aromatic heterocycles. The Bertz CT molecular complexity index is 347. The molecule has 0 saturated carbocycles. The van der Waals surface area contributed by atoms with Crippen molar-refractivity contribution >= 4 is 11.8 Å². The third kappa shape index (κ3) is 4.72. The molecule has 0 bridgehead atoms. The van der Waals surface area contributed by atoms with Gasteiger partial charge in [-0.1, -0.05) is 37.6 Å². The van der Waals surface area contributed by atoms with Crippen molar-refractivity contribution in [3.8, 4) is 0 Å². The monoisotopic (exact) mass is 251 g/mol. The normalized spacial score (nSPS) is 13.1. The lowest BCUT2D eigenvalue weighted by Gasteiger charge is -2.19. The van der Waals surface area contributed by atoms with Gasteiger partial charge in [-0.3, -0.25) is 0 Å². The lowest BCUT2D eigenvalue weighted by Crippen LogP contribution is -2.20. The highest BCUT2D eigenvalue weighted by atomic mass is 32.2. The minimum Gasteiger partial charge on any atom is -0.312 e. The molecule has 1 aromatic carbocycles. The summed E-state index contributed by atoms with van der Waals surface area (Å²) in [4.78, 5) is 0. The molecular formula is C15H25NS. The summed E-state index contributed by atoms with van der Waals surface area (Å²) >= 11 is 2.04. The largest absolute Gasteiger partial charge is 0.312 e. The van der Waals surface area contributed by atoms with E-state index in [0.29, 0.717) is 6.04 Å². The number of hydrogen-bond donors (Lipinski definition) is 1. The van der Waals surface area contributed by atoms with Crippen LogP contribution < -0.4 is 5.32 Å². The molecular weight excluding hydrogens is 226 g/mol. The summed E-state index contributed by atoms with van der Waals surface area (Å²) in [7, 11) is 2.06. The van der Waals surface area contributed by atoms with Crippen LogP contribution in [0.1, 0.15) is 36.6 Å². The lowest BCUT2D eigenvalue weighted by molar-refractivity contribution is 0.655. The van der Waals surface area contributed by atoms with Crippen molar-refractivity contribution in [2.24, 2.45) is 5.92 Å². The van der Waals surface area contributed by atoms with E-state index in [1.165, 1.54) is 22.4 Å². The Kier molecular flexibility index (Phi) is 6.07. The van der Waals surface area contributed by atoms with Gasteiger partial charge >= 0.3 is 0 Å². The first-order chi connectivity index (χ1) is 8.04. The first-order valence-corrected chi connectivity index (χ1v) is 7.52. The van der Waals surface area contributed by atoms with Crippen LogP contribution in [0, 0.1) is 19.8 Å². The Morgan fingerprint density at radius 2 is 1.88 bits per heavy atom. The number of aryl methyl sites for hydroxylation is 2. The molecule has 17 heavy (non-hydrogen) atoms. The zero-order valence-corrected chi connectivity index (χ0v) is 12.5. The smallest absolute Gasteiger partial charge is 0.0412 e. The maximum atomic E-state index is 3.44. The Morgan fingerprint density at radius 3 is 2.47 bits per heavy atom. The molecule has 1 aromatic rings. The summed E-state index contributed by atoms with van der Waals surface area (Å²) in [5, 5.41) is 3.44. The second kappa shape index (κ2) is 7.07. The predicted octanol–water partition coefficient (Wildman–Crippen LogP) is 3.95. The molecule has 1 nitrogen and oxygen atoms in total. The fourth-order valence-electron chi connectivity index (χ4n) is 1.89. The van der Waals surface area contributed by atoms with Gasteiger partial charge in [0.05, 0.1) is 0 Å². The number of hydrogen-bond acceptors (Lipinski definition) is 2. The molecule has 2 heteroatoms. The van der Waals surface area contributed by atoms with Gasteiger partial charge in [0, 0.05) is 11.8 Å². The van der Waals surface area contributed by atoms with E-state index in [0.717, 1.165) is 11.7 Å². The van der Waals surface area contributed by atoms with Gasteiger partial charge in [0.15, 0.2) is 0 Å². The van der Waals surface area contributed by atoms with Crippen molar-refractivity contribution in [1.82, 2.24) is 5.32 Å². The SMILES string of the molecule is CNC(CSCC(C)C)c1cc(C)ccc1C. The molecule has 0 spiro atoms. The minimum absolute atomic E-state index is 0.471. The van der Waals surface area contributed by atoms with Crippen molar-refractivity contribution in [3.63, 3.8) is 0 Å². The second-order valence-electron chi connectivity index (χ2n) is 5.13. The third-order valence-electron chi connectivity index (χ3n) is 2.89. The van der Waals surface area contributed by atoms with Crippen LogP contribution in [0.2, 0.25) is 0 Å². The maximum absolute atomic E-state index is 3.44. The first kappa shape index (κ1) is 14.6. The quantitative estimate of drug-likeness (QED) is 0.821.